The maximum absolute atomic E-state index is 13.0. The molecule has 0 unspecified atom stereocenters. The molecule has 0 aliphatic carbocycles. The molecule has 5 heteroatoms. The smallest absolute Gasteiger partial charge is 0.123 e. The van der Waals surface area contributed by atoms with Gasteiger partial charge in [-0.05, 0) is 66.3 Å². The van der Waals surface area contributed by atoms with Gasteiger partial charge in [-0.1, -0.05) is 18.2 Å². The number of hydrogen-bond acceptors (Lipinski definition) is 4. The Kier molecular flexibility index (Phi) is 4.98. The minimum Gasteiger partial charge on any atom is -0.368 e. The van der Waals surface area contributed by atoms with Gasteiger partial charge in [0.25, 0.3) is 0 Å². The summed E-state index contributed by atoms with van der Waals surface area (Å²) >= 11 is 0. The Hall–Kier alpha value is -2.27. The first-order valence-electron chi connectivity index (χ1n) is 9.42. The van der Waals surface area contributed by atoms with Crippen molar-refractivity contribution in [3.8, 4) is 0 Å². The summed E-state index contributed by atoms with van der Waals surface area (Å²) in [5.74, 6) is -0.173. The fourth-order valence-corrected chi connectivity index (χ4v) is 4.22. The first-order chi connectivity index (χ1) is 12.7. The highest BCUT2D eigenvalue weighted by molar-refractivity contribution is 5.64. The van der Waals surface area contributed by atoms with Crippen LogP contribution in [0.15, 0.2) is 47.6 Å². The lowest BCUT2D eigenvalue weighted by Crippen LogP contribution is -2.44. The van der Waals surface area contributed by atoms with Crippen LogP contribution in [0.4, 0.5) is 15.8 Å². The van der Waals surface area contributed by atoms with E-state index in [2.05, 4.69) is 15.0 Å². The summed E-state index contributed by atoms with van der Waals surface area (Å²) in [5.41, 5.74) is 4.24. The van der Waals surface area contributed by atoms with Crippen LogP contribution in [0.2, 0.25) is 0 Å². The number of piperidine rings is 1. The molecule has 4 nitrogen and oxygen atoms in total. The lowest BCUT2D eigenvalue weighted by molar-refractivity contribution is 0.212. The van der Waals surface area contributed by atoms with Crippen LogP contribution in [0.25, 0.3) is 0 Å². The van der Waals surface area contributed by atoms with E-state index < -0.39 is 0 Å². The quantitative estimate of drug-likeness (QED) is 0.752. The molecule has 0 aromatic heterocycles. The third-order valence-corrected chi connectivity index (χ3v) is 5.73. The van der Waals surface area contributed by atoms with Crippen molar-refractivity contribution in [3.63, 3.8) is 0 Å². The molecule has 0 N–H and O–H groups in total. The van der Waals surface area contributed by atoms with E-state index in [0.29, 0.717) is 11.7 Å². The van der Waals surface area contributed by atoms with Crippen molar-refractivity contribution in [1.82, 2.24) is 4.90 Å². The molecule has 0 amide bonds. The predicted octanol–water partition coefficient (Wildman–Crippen LogP) is 4.29. The number of nitroso groups, excluding NO2 is 1. The van der Waals surface area contributed by atoms with Crippen LogP contribution < -0.4 is 4.90 Å². The van der Waals surface area contributed by atoms with E-state index in [1.54, 1.807) is 0 Å². The summed E-state index contributed by atoms with van der Waals surface area (Å²) in [6.07, 6.45) is 4.30. The summed E-state index contributed by atoms with van der Waals surface area (Å²) in [4.78, 5) is 15.8. The highest BCUT2D eigenvalue weighted by Crippen LogP contribution is 2.35. The molecular weight excluding hydrogens is 329 g/mol. The lowest BCUT2D eigenvalue weighted by atomic mass is 10.0. The minimum atomic E-state index is -0.173. The maximum Gasteiger partial charge on any atom is 0.123 e. The number of rotatable bonds is 5. The normalized spacial score (nSPS) is 18.1. The fourth-order valence-electron chi connectivity index (χ4n) is 4.22. The summed E-state index contributed by atoms with van der Waals surface area (Å²) in [7, 11) is 0. The third-order valence-electron chi connectivity index (χ3n) is 5.73. The molecular formula is C21H24FN3O. The van der Waals surface area contributed by atoms with Gasteiger partial charge in [0, 0.05) is 37.9 Å². The highest BCUT2D eigenvalue weighted by Gasteiger charge is 2.29. The monoisotopic (exact) mass is 353 g/mol. The molecule has 2 aromatic carbocycles. The minimum absolute atomic E-state index is 0.173. The van der Waals surface area contributed by atoms with Gasteiger partial charge in [0.15, 0.2) is 0 Å². The predicted molar refractivity (Wildman–Crippen MR) is 103 cm³/mol. The fraction of sp³-hybridized carbons (Fsp3) is 0.429. The molecule has 0 radical (unpaired) electrons. The average Bonchev–Trinajstić information content (AvgIpc) is 3.11. The van der Waals surface area contributed by atoms with Crippen molar-refractivity contribution in [2.75, 3.05) is 31.1 Å². The Labute approximate surface area is 153 Å². The van der Waals surface area contributed by atoms with Crippen LogP contribution in [0.3, 0.4) is 0 Å². The van der Waals surface area contributed by atoms with Crippen LogP contribution in [0, 0.1) is 10.7 Å². The second kappa shape index (κ2) is 7.54. The molecule has 2 aromatic rings. The molecule has 1 fully saturated rings. The summed E-state index contributed by atoms with van der Waals surface area (Å²) in [6.45, 7) is 4.23. The van der Waals surface area contributed by atoms with E-state index in [9.17, 15) is 9.30 Å². The Balaban J connectivity index is 1.32. The molecule has 2 heterocycles. The highest BCUT2D eigenvalue weighted by atomic mass is 19.1. The van der Waals surface area contributed by atoms with Crippen LogP contribution in [-0.4, -0.2) is 37.1 Å². The van der Waals surface area contributed by atoms with E-state index in [1.165, 1.54) is 28.9 Å². The van der Waals surface area contributed by atoms with E-state index in [0.717, 1.165) is 51.9 Å². The standard InChI is InChI=1S/C21H24FN3O/c22-18-4-1-16(2-5-18)7-11-24-12-9-20(10-13-24)25-14-8-17-3-6-19(23-26)15-21(17)25/h1-6,15,20H,7-14H2. The van der Waals surface area contributed by atoms with Gasteiger partial charge in [0.2, 0.25) is 0 Å². The number of hydrogen-bond donors (Lipinski definition) is 0. The third kappa shape index (κ3) is 3.63. The van der Waals surface area contributed by atoms with Crippen molar-refractivity contribution in [1.29, 1.82) is 0 Å². The molecule has 1 saturated heterocycles. The van der Waals surface area contributed by atoms with Gasteiger partial charge in [0.1, 0.15) is 11.5 Å². The topological polar surface area (TPSA) is 35.9 Å². The van der Waals surface area contributed by atoms with Crippen molar-refractivity contribution < 1.29 is 4.39 Å². The zero-order valence-electron chi connectivity index (χ0n) is 14.9. The molecule has 2 aliphatic heterocycles. The van der Waals surface area contributed by atoms with Crippen molar-refractivity contribution in [2.24, 2.45) is 5.18 Å². The van der Waals surface area contributed by atoms with Gasteiger partial charge < -0.3 is 9.80 Å². The van der Waals surface area contributed by atoms with Crippen molar-refractivity contribution in [3.05, 3.63) is 64.3 Å². The first kappa shape index (κ1) is 17.2. The molecule has 2 aliphatic rings. The summed E-state index contributed by atoms with van der Waals surface area (Å²) < 4.78 is 13.0. The van der Waals surface area contributed by atoms with E-state index in [-0.39, 0.29) is 5.82 Å². The van der Waals surface area contributed by atoms with Crippen LogP contribution in [0.5, 0.6) is 0 Å². The maximum atomic E-state index is 13.0. The molecule has 26 heavy (non-hydrogen) atoms. The SMILES string of the molecule is O=Nc1ccc2c(c1)N(C1CCN(CCc3ccc(F)cc3)CC1)CC2. The van der Waals surface area contributed by atoms with Gasteiger partial charge >= 0.3 is 0 Å². The second-order valence-corrected chi connectivity index (χ2v) is 7.30. The lowest BCUT2D eigenvalue weighted by Gasteiger charge is -2.38. The zero-order valence-corrected chi connectivity index (χ0v) is 14.9. The van der Waals surface area contributed by atoms with Gasteiger partial charge in [-0.3, -0.25) is 0 Å². The van der Waals surface area contributed by atoms with Crippen LogP contribution in [0.1, 0.15) is 24.0 Å². The number of halogens is 1. The Morgan fingerprint density at radius 2 is 1.81 bits per heavy atom. The van der Waals surface area contributed by atoms with Crippen LogP contribution >= 0.6 is 0 Å². The summed E-state index contributed by atoms with van der Waals surface area (Å²) in [6, 6.07) is 13.2. The average molecular weight is 353 g/mol. The molecule has 0 bridgehead atoms. The number of nitrogens with zero attached hydrogens (tertiary/aromatic N) is 3. The number of likely N-dealkylation sites (tertiary alicyclic amines) is 1. The summed E-state index contributed by atoms with van der Waals surface area (Å²) in [5, 5.41) is 3.09. The van der Waals surface area contributed by atoms with Gasteiger partial charge in [-0.15, -0.1) is 4.91 Å². The Morgan fingerprint density at radius 3 is 2.54 bits per heavy atom. The van der Waals surface area contributed by atoms with Crippen molar-refractivity contribution >= 4 is 11.4 Å². The number of benzene rings is 2. The van der Waals surface area contributed by atoms with Gasteiger partial charge in [-0.25, -0.2) is 4.39 Å². The van der Waals surface area contributed by atoms with E-state index in [1.807, 2.05) is 30.3 Å². The first-order valence-corrected chi connectivity index (χ1v) is 9.42. The molecule has 4 rings (SSSR count). The molecule has 0 atom stereocenters. The number of fused-ring (bicyclic) bond motifs is 1. The Bertz CT molecular complexity index is 769. The van der Waals surface area contributed by atoms with E-state index in [4.69, 9.17) is 0 Å². The Morgan fingerprint density at radius 1 is 1.04 bits per heavy atom. The second-order valence-electron chi connectivity index (χ2n) is 7.30. The largest absolute Gasteiger partial charge is 0.368 e. The van der Waals surface area contributed by atoms with Gasteiger partial charge in [0.05, 0.1) is 0 Å². The zero-order chi connectivity index (χ0) is 17.9. The number of anilines is 1. The molecule has 0 spiro atoms. The van der Waals surface area contributed by atoms with Gasteiger partial charge in [-0.2, -0.15) is 0 Å². The van der Waals surface area contributed by atoms with E-state index >= 15 is 0 Å². The molecule has 136 valence electrons. The van der Waals surface area contributed by atoms with Crippen molar-refractivity contribution in [2.45, 2.75) is 31.7 Å². The molecule has 0 saturated carbocycles. The van der Waals surface area contributed by atoms with Crippen LogP contribution in [-0.2, 0) is 12.8 Å².